The number of phenolic OH excluding ortho intramolecular Hbond substituents is 1. The van der Waals surface area contributed by atoms with Crippen molar-refractivity contribution in [2.45, 2.75) is 34.3 Å². The van der Waals surface area contributed by atoms with Gasteiger partial charge >= 0.3 is 11.9 Å². The van der Waals surface area contributed by atoms with E-state index in [1.807, 2.05) is 0 Å². The standard InChI is InChI=1S/C31H27N3O7/c1-16-13-17(2)19(4)25(18(16)3)15-40-21-7-5-20(6-8-21)22-11-12-39-28(22)31(38)41-30(37)23-9-10-26(35)24(14-32)27(23)29(36)34-33/h5-13,35H,15,33H2,1-4H3,(H,34,36). The Morgan fingerprint density at radius 3 is 2.24 bits per heavy atom. The summed E-state index contributed by atoms with van der Waals surface area (Å²) in [5.41, 5.74) is 7.20. The third-order valence-electron chi connectivity index (χ3n) is 6.98. The van der Waals surface area contributed by atoms with Gasteiger partial charge in [-0.25, -0.2) is 15.4 Å². The molecule has 0 saturated carbocycles. The van der Waals surface area contributed by atoms with Gasteiger partial charge in [-0.15, -0.1) is 0 Å². The predicted molar refractivity (Wildman–Crippen MR) is 148 cm³/mol. The number of hydrazine groups is 1. The molecule has 0 bridgehead atoms. The predicted octanol–water partition coefficient (Wildman–Crippen LogP) is 4.94. The average molecular weight is 554 g/mol. The van der Waals surface area contributed by atoms with Gasteiger partial charge in [0.25, 0.3) is 5.91 Å². The Morgan fingerprint density at radius 1 is 0.976 bits per heavy atom. The molecule has 41 heavy (non-hydrogen) atoms. The van der Waals surface area contributed by atoms with E-state index in [2.05, 4.69) is 33.8 Å². The van der Waals surface area contributed by atoms with E-state index in [0.717, 1.165) is 17.7 Å². The Hall–Kier alpha value is -5.40. The number of nitriles is 1. The summed E-state index contributed by atoms with van der Waals surface area (Å²) in [4.78, 5) is 38.0. The van der Waals surface area contributed by atoms with Crippen LogP contribution in [0.25, 0.3) is 11.1 Å². The molecule has 1 amide bonds. The monoisotopic (exact) mass is 553 g/mol. The van der Waals surface area contributed by atoms with Gasteiger partial charge in [0.1, 0.15) is 29.7 Å². The zero-order valence-corrected chi connectivity index (χ0v) is 22.8. The molecule has 10 nitrogen and oxygen atoms in total. The van der Waals surface area contributed by atoms with Crippen LogP contribution in [0.3, 0.4) is 0 Å². The Bertz CT molecular complexity index is 1690. The van der Waals surface area contributed by atoms with Gasteiger partial charge in [0.15, 0.2) is 0 Å². The Balaban J connectivity index is 1.52. The number of nitrogens with zero attached hydrogens (tertiary/aromatic N) is 1. The van der Waals surface area contributed by atoms with E-state index in [9.17, 15) is 24.8 Å². The molecule has 4 aromatic rings. The minimum absolute atomic E-state index is 0.252. The summed E-state index contributed by atoms with van der Waals surface area (Å²) in [6.45, 7) is 8.70. The molecule has 0 saturated heterocycles. The highest BCUT2D eigenvalue weighted by Crippen LogP contribution is 2.30. The van der Waals surface area contributed by atoms with E-state index < -0.39 is 40.3 Å². The SMILES string of the molecule is Cc1cc(C)c(C)c(COc2ccc(-c3ccoc3C(=O)OC(=O)c3ccc(O)c(C#N)c3C(=O)NN)cc2)c1C. The zero-order valence-electron chi connectivity index (χ0n) is 22.8. The van der Waals surface area contributed by atoms with Crippen molar-refractivity contribution in [2.24, 2.45) is 5.84 Å². The lowest BCUT2D eigenvalue weighted by Crippen LogP contribution is -2.32. The van der Waals surface area contributed by atoms with Crippen LogP contribution >= 0.6 is 0 Å². The molecule has 208 valence electrons. The van der Waals surface area contributed by atoms with E-state index in [1.54, 1.807) is 41.8 Å². The summed E-state index contributed by atoms with van der Waals surface area (Å²) in [7, 11) is 0. The van der Waals surface area contributed by atoms with E-state index in [0.29, 0.717) is 23.5 Å². The van der Waals surface area contributed by atoms with Gasteiger partial charge in [-0.2, -0.15) is 5.26 Å². The molecule has 4 rings (SSSR count). The second kappa shape index (κ2) is 11.8. The normalized spacial score (nSPS) is 10.5. The summed E-state index contributed by atoms with van der Waals surface area (Å²) in [6, 6.07) is 14.4. The van der Waals surface area contributed by atoms with Crippen molar-refractivity contribution in [3.8, 4) is 28.7 Å². The summed E-state index contributed by atoms with van der Waals surface area (Å²) < 4.78 is 16.3. The van der Waals surface area contributed by atoms with E-state index in [-0.39, 0.29) is 5.76 Å². The highest BCUT2D eigenvalue weighted by atomic mass is 16.6. The highest BCUT2D eigenvalue weighted by molar-refractivity contribution is 6.11. The largest absolute Gasteiger partial charge is 0.507 e. The fourth-order valence-electron chi connectivity index (χ4n) is 4.46. The van der Waals surface area contributed by atoms with Crippen LogP contribution in [0.1, 0.15) is 64.7 Å². The lowest BCUT2D eigenvalue weighted by Gasteiger charge is -2.16. The number of ether oxygens (including phenoxy) is 2. The Kier molecular flexibility index (Phi) is 8.21. The minimum atomic E-state index is -1.24. The quantitative estimate of drug-likeness (QED) is 0.0945. The average Bonchev–Trinajstić information content (AvgIpc) is 3.46. The molecule has 0 radical (unpaired) electrons. The van der Waals surface area contributed by atoms with Gasteiger partial charge in [0, 0.05) is 5.56 Å². The van der Waals surface area contributed by atoms with Gasteiger partial charge in [-0.3, -0.25) is 10.2 Å². The number of benzene rings is 3. The number of hydrogen-bond acceptors (Lipinski definition) is 9. The molecule has 1 heterocycles. The molecule has 3 aromatic carbocycles. The summed E-state index contributed by atoms with van der Waals surface area (Å²) in [5.74, 6) is 1.59. The summed E-state index contributed by atoms with van der Waals surface area (Å²) in [6.07, 6.45) is 1.27. The molecule has 0 fully saturated rings. The highest BCUT2D eigenvalue weighted by Gasteiger charge is 2.28. The van der Waals surface area contributed by atoms with Crippen LogP contribution in [-0.2, 0) is 11.3 Å². The van der Waals surface area contributed by atoms with E-state index >= 15 is 0 Å². The molecule has 0 aliphatic carbocycles. The molecule has 1 aromatic heterocycles. The zero-order chi connectivity index (χ0) is 29.8. The fourth-order valence-corrected chi connectivity index (χ4v) is 4.46. The lowest BCUT2D eigenvalue weighted by atomic mass is 9.95. The van der Waals surface area contributed by atoms with Gasteiger partial charge in [0.05, 0.1) is 17.4 Å². The molecular weight excluding hydrogens is 526 g/mol. The van der Waals surface area contributed by atoms with Crippen molar-refractivity contribution < 1.29 is 33.4 Å². The fraction of sp³-hybridized carbons (Fsp3) is 0.161. The first-order valence-electron chi connectivity index (χ1n) is 12.5. The van der Waals surface area contributed by atoms with Crippen LogP contribution in [0.15, 0.2) is 59.2 Å². The number of nitrogen functional groups attached to an aromatic ring is 1. The molecule has 0 aliphatic heterocycles. The van der Waals surface area contributed by atoms with Crippen molar-refractivity contribution >= 4 is 17.8 Å². The number of nitrogens with two attached hydrogens (primary N) is 1. The number of nitrogens with one attached hydrogen (secondary N) is 1. The lowest BCUT2D eigenvalue weighted by molar-refractivity contribution is 0.0374. The molecule has 0 unspecified atom stereocenters. The molecule has 0 spiro atoms. The van der Waals surface area contributed by atoms with Crippen LogP contribution in [0.4, 0.5) is 0 Å². The first-order chi connectivity index (χ1) is 19.6. The van der Waals surface area contributed by atoms with Crippen LogP contribution in [0.5, 0.6) is 11.5 Å². The van der Waals surface area contributed by atoms with Crippen molar-refractivity contribution in [2.75, 3.05) is 0 Å². The number of aryl methyl sites for hydroxylation is 2. The van der Waals surface area contributed by atoms with Crippen molar-refractivity contribution in [1.29, 1.82) is 5.26 Å². The number of carbonyl (C=O) groups excluding carboxylic acids is 3. The van der Waals surface area contributed by atoms with Crippen LogP contribution in [-0.4, -0.2) is 23.0 Å². The number of aromatic hydroxyl groups is 1. The number of hydrogen-bond donors (Lipinski definition) is 3. The van der Waals surface area contributed by atoms with Crippen LogP contribution in [0, 0.1) is 39.0 Å². The smallest absolute Gasteiger partial charge is 0.382 e. The molecular formula is C31H27N3O7. The number of carbonyl (C=O) groups is 3. The van der Waals surface area contributed by atoms with Crippen molar-refractivity contribution in [3.63, 3.8) is 0 Å². The maximum Gasteiger partial charge on any atom is 0.382 e. The van der Waals surface area contributed by atoms with E-state index in [1.165, 1.54) is 28.5 Å². The number of furan rings is 1. The number of amides is 1. The van der Waals surface area contributed by atoms with Gasteiger partial charge < -0.3 is 19.0 Å². The summed E-state index contributed by atoms with van der Waals surface area (Å²) >= 11 is 0. The van der Waals surface area contributed by atoms with E-state index in [4.69, 9.17) is 19.7 Å². The van der Waals surface area contributed by atoms with Crippen molar-refractivity contribution in [3.05, 3.63) is 105 Å². The molecule has 10 heteroatoms. The minimum Gasteiger partial charge on any atom is -0.507 e. The van der Waals surface area contributed by atoms with Gasteiger partial charge in [-0.05, 0) is 91.4 Å². The second-order valence-corrected chi connectivity index (χ2v) is 9.36. The maximum atomic E-state index is 12.9. The third-order valence-corrected chi connectivity index (χ3v) is 6.98. The first-order valence-corrected chi connectivity index (χ1v) is 12.5. The topological polar surface area (TPSA) is 165 Å². The summed E-state index contributed by atoms with van der Waals surface area (Å²) in [5, 5.41) is 19.2. The van der Waals surface area contributed by atoms with Crippen LogP contribution in [0.2, 0.25) is 0 Å². The third kappa shape index (κ3) is 5.66. The maximum absolute atomic E-state index is 12.9. The van der Waals surface area contributed by atoms with Crippen LogP contribution < -0.4 is 16.0 Å². The van der Waals surface area contributed by atoms with Gasteiger partial charge in [-0.1, -0.05) is 18.2 Å². The number of phenols is 1. The van der Waals surface area contributed by atoms with Gasteiger partial charge in [0.2, 0.25) is 5.76 Å². The second-order valence-electron chi connectivity index (χ2n) is 9.36. The number of rotatable bonds is 7. The number of esters is 2. The molecule has 0 atom stereocenters. The first kappa shape index (κ1) is 28.6. The molecule has 4 N–H and O–H groups in total. The Morgan fingerprint density at radius 2 is 1.63 bits per heavy atom. The Labute approximate surface area is 235 Å². The van der Waals surface area contributed by atoms with Crippen molar-refractivity contribution in [1.82, 2.24) is 5.43 Å². The molecule has 0 aliphatic rings.